The van der Waals surface area contributed by atoms with Gasteiger partial charge in [-0.3, -0.25) is 9.80 Å². The smallest absolute Gasteiger partial charge is 0.211 e. The third-order valence-electron chi connectivity index (χ3n) is 6.08. The molecule has 7 nitrogen and oxygen atoms in total. The lowest BCUT2D eigenvalue weighted by Gasteiger charge is -2.63. The number of fused-ring (bicyclic) bond motifs is 2. The average molecular weight is 359 g/mol. The normalized spacial score (nSPS) is 33.3. The van der Waals surface area contributed by atoms with Gasteiger partial charge in [-0.1, -0.05) is 0 Å². The molecule has 8 heteroatoms. The molecule has 138 valence electrons. The second-order valence-electron chi connectivity index (χ2n) is 7.93. The van der Waals surface area contributed by atoms with Gasteiger partial charge in [0.1, 0.15) is 0 Å². The Morgan fingerprint density at radius 1 is 1.08 bits per heavy atom. The number of hydrogen-bond donors (Lipinski definition) is 0. The van der Waals surface area contributed by atoms with Gasteiger partial charge in [-0.25, -0.2) is 8.42 Å². The van der Waals surface area contributed by atoms with E-state index in [0.29, 0.717) is 19.7 Å². The number of morpholine rings is 1. The van der Waals surface area contributed by atoms with Gasteiger partial charge < -0.3 is 9.47 Å². The molecule has 0 amide bonds. The first-order chi connectivity index (χ1) is 11.5. The van der Waals surface area contributed by atoms with Crippen molar-refractivity contribution in [3.05, 3.63) is 0 Å². The van der Waals surface area contributed by atoms with Crippen molar-refractivity contribution in [2.75, 3.05) is 72.0 Å². The summed E-state index contributed by atoms with van der Waals surface area (Å²) in [7, 11) is -3.15. The minimum absolute atomic E-state index is 0.0130. The number of rotatable bonds is 3. The monoisotopic (exact) mass is 359 g/mol. The van der Waals surface area contributed by atoms with E-state index in [9.17, 15) is 8.42 Å². The molecular weight excluding hydrogens is 330 g/mol. The molecule has 4 heterocycles. The summed E-state index contributed by atoms with van der Waals surface area (Å²) >= 11 is 0. The van der Waals surface area contributed by atoms with E-state index >= 15 is 0 Å². The molecule has 4 aliphatic rings. The molecule has 4 saturated heterocycles. The molecule has 4 aliphatic heterocycles. The van der Waals surface area contributed by atoms with Gasteiger partial charge in [-0.05, 0) is 18.8 Å². The Morgan fingerprint density at radius 2 is 1.83 bits per heavy atom. The molecular formula is C16H29N3O4S. The summed E-state index contributed by atoms with van der Waals surface area (Å²) in [6.07, 6.45) is 3.64. The summed E-state index contributed by atoms with van der Waals surface area (Å²) in [6.45, 7) is 8.39. The zero-order chi connectivity index (χ0) is 16.8. The van der Waals surface area contributed by atoms with Gasteiger partial charge in [0.05, 0.1) is 25.0 Å². The Balaban J connectivity index is 1.44. The van der Waals surface area contributed by atoms with Crippen LogP contribution in [0.3, 0.4) is 0 Å². The number of likely N-dealkylation sites (tertiary alicyclic amines) is 1. The zero-order valence-corrected chi connectivity index (χ0v) is 15.3. The third-order valence-corrected chi connectivity index (χ3v) is 7.30. The Hall–Kier alpha value is -0.250. The first-order valence-corrected chi connectivity index (χ1v) is 10.9. The maximum Gasteiger partial charge on any atom is 0.211 e. The molecule has 4 fully saturated rings. The van der Waals surface area contributed by atoms with Crippen molar-refractivity contribution in [1.82, 2.24) is 14.1 Å². The minimum Gasteiger partial charge on any atom is -0.381 e. The Morgan fingerprint density at radius 3 is 2.54 bits per heavy atom. The lowest BCUT2D eigenvalue weighted by atomic mass is 9.82. The van der Waals surface area contributed by atoms with E-state index in [4.69, 9.17) is 9.47 Å². The highest BCUT2D eigenvalue weighted by Gasteiger charge is 2.55. The number of nitrogens with zero attached hydrogens (tertiary/aromatic N) is 3. The molecule has 0 N–H and O–H groups in total. The average Bonchev–Trinajstić information content (AvgIpc) is 2.53. The molecule has 4 rings (SSSR count). The maximum absolute atomic E-state index is 12.1. The number of ether oxygens (including phenoxy) is 2. The number of sulfonamides is 1. The number of hydrogen-bond acceptors (Lipinski definition) is 6. The molecule has 0 aromatic rings. The first-order valence-electron chi connectivity index (χ1n) is 9.06. The summed E-state index contributed by atoms with van der Waals surface area (Å²) in [4.78, 5) is 5.05. The minimum atomic E-state index is -3.15. The zero-order valence-electron chi connectivity index (χ0n) is 14.5. The van der Waals surface area contributed by atoms with Crippen LogP contribution < -0.4 is 0 Å². The highest BCUT2D eigenvalue weighted by Crippen LogP contribution is 2.37. The predicted octanol–water partition coefficient (Wildman–Crippen LogP) is -0.557. The van der Waals surface area contributed by atoms with Crippen molar-refractivity contribution in [2.24, 2.45) is 5.92 Å². The van der Waals surface area contributed by atoms with Crippen LogP contribution in [0, 0.1) is 5.92 Å². The lowest BCUT2D eigenvalue weighted by molar-refractivity contribution is -0.156. The fourth-order valence-corrected chi connectivity index (χ4v) is 5.81. The molecule has 0 bridgehead atoms. The first kappa shape index (κ1) is 17.2. The summed E-state index contributed by atoms with van der Waals surface area (Å²) in [5.41, 5.74) is -0.0130. The summed E-state index contributed by atoms with van der Waals surface area (Å²) < 4.78 is 37.0. The predicted molar refractivity (Wildman–Crippen MR) is 90.4 cm³/mol. The second kappa shape index (κ2) is 6.48. The topological polar surface area (TPSA) is 62.3 Å². The number of piperazine rings is 1. The summed E-state index contributed by atoms with van der Waals surface area (Å²) in [5.74, 6) is 0.728. The van der Waals surface area contributed by atoms with E-state index in [-0.39, 0.29) is 11.6 Å². The fourth-order valence-electron chi connectivity index (χ4n) is 4.89. The van der Waals surface area contributed by atoms with E-state index in [1.54, 1.807) is 4.31 Å². The molecule has 0 saturated carbocycles. The highest BCUT2D eigenvalue weighted by atomic mass is 32.2. The quantitative estimate of drug-likeness (QED) is 0.673. The molecule has 0 aromatic heterocycles. The van der Waals surface area contributed by atoms with Crippen molar-refractivity contribution in [3.63, 3.8) is 0 Å². The molecule has 0 radical (unpaired) electrons. The van der Waals surface area contributed by atoms with E-state index in [1.165, 1.54) is 6.26 Å². The molecule has 24 heavy (non-hydrogen) atoms. The summed E-state index contributed by atoms with van der Waals surface area (Å²) in [6, 6.07) is 0.201. The fraction of sp³-hybridized carbons (Fsp3) is 1.00. The second-order valence-corrected chi connectivity index (χ2v) is 9.91. The summed E-state index contributed by atoms with van der Waals surface area (Å²) in [5, 5.41) is 0. The van der Waals surface area contributed by atoms with Gasteiger partial charge in [-0.15, -0.1) is 0 Å². The Bertz CT molecular complexity index is 558. The standard InChI is InChI=1S/C16H29N3O4S/c1-24(20,21)18-9-15-10-23-7-4-19(15)16(13-18)11-17(12-16)8-14-2-5-22-6-3-14/h14-15H,2-13H2,1H3/t15-/m1/s1. The lowest BCUT2D eigenvalue weighted by Crippen LogP contribution is -2.81. The van der Waals surface area contributed by atoms with Crippen molar-refractivity contribution in [3.8, 4) is 0 Å². The van der Waals surface area contributed by atoms with Gasteiger partial charge in [-0.2, -0.15) is 4.31 Å². The van der Waals surface area contributed by atoms with E-state index < -0.39 is 10.0 Å². The van der Waals surface area contributed by atoms with Gasteiger partial charge in [0.2, 0.25) is 10.0 Å². The van der Waals surface area contributed by atoms with Crippen LogP contribution in [0.25, 0.3) is 0 Å². The van der Waals surface area contributed by atoms with Gasteiger partial charge in [0.25, 0.3) is 0 Å². The van der Waals surface area contributed by atoms with Crippen molar-refractivity contribution >= 4 is 10.0 Å². The van der Waals surface area contributed by atoms with Gasteiger partial charge in [0.15, 0.2) is 0 Å². The van der Waals surface area contributed by atoms with Crippen LogP contribution in [0.4, 0.5) is 0 Å². The van der Waals surface area contributed by atoms with Crippen LogP contribution in [0.5, 0.6) is 0 Å². The third kappa shape index (κ3) is 3.24. The van der Waals surface area contributed by atoms with Crippen LogP contribution in [0.15, 0.2) is 0 Å². The van der Waals surface area contributed by atoms with E-state index in [1.807, 2.05) is 0 Å². The Labute approximate surface area is 144 Å². The molecule has 0 aliphatic carbocycles. The van der Waals surface area contributed by atoms with Crippen molar-refractivity contribution in [1.29, 1.82) is 0 Å². The molecule has 1 spiro atoms. The van der Waals surface area contributed by atoms with Crippen LogP contribution in [0.2, 0.25) is 0 Å². The Kier molecular flexibility index (Phi) is 4.64. The van der Waals surface area contributed by atoms with Gasteiger partial charge >= 0.3 is 0 Å². The molecule has 1 atom stereocenters. The molecule has 0 aromatic carbocycles. The SMILES string of the molecule is CS(=O)(=O)N1C[C@@H]2COCCN2C2(CN(CC3CCOCC3)C2)C1. The van der Waals surface area contributed by atoms with Crippen molar-refractivity contribution in [2.45, 2.75) is 24.4 Å². The van der Waals surface area contributed by atoms with E-state index in [0.717, 1.165) is 64.8 Å². The van der Waals surface area contributed by atoms with Gasteiger partial charge in [0, 0.05) is 58.5 Å². The van der Waals surface area contributed by atoms with Crippen LogP contribution >= 0.6 is 0 Å². The van der Waals surface area contributed by atoms with Crippen LogP contribution in [-0.4, -0.2) is 106 Å². The van der Waals surface area contributed by atoms with Crippen LogP contribution in [-0.2, 0) is 19.5 Å². The maximum atomic E-state index is 12.1. The molecule has 0 unspecified atom stereocenters. The largest absolute Gasteiger partial charge is 0.381 e. The van der Waals surface area contributed by atoms with Crippen molar-refractivity contribution < 1.29 is 17.9 Å². The van der Waals surface area contributed by atoms with Crippen LogP contribution in [0.1, 0.15) is 12.8 Å². The van der Waals surface area contributed by atoms with E-state index in [2.05, 4.69) is 9.80 Å². The highest BCUT2D eigenvalue weighted by molar-refractivity contribution is 7.88.